The van der Waals surface area contributed by atoms with Crippen LogP contribution in [0.3, 0.4) is 0 Å². The number of nitrogens with one attached hydrogen (secondary N) is 1. The number of carbonyl (C=O) groups is 1. The molecule has 0 unspecified atom stereocenters. The molecule has 0 fully saturated rings. The number of aryl methyl sites for hydroxylation is 1. The van der Waals surface area contributed by atoms with Gasteiger partial charge in [0, 0.05) is 45.8 Å². The van der Waals surface area contributed by atoms with E-state index in [0.717, 1.165) is 27.7 Å². The topological polar surface area (TPSA) is 63.7 Å². The molecule has 0 spiro atoms. The van der Waals surface area contributed by atoms with Gasteiger partial charge in [0.2, 0.25) is 5.91 Å². The SMILES string of the molecule is COc1ccc(NC(=O)Cc2sc(-c3ccc(Cl)cc3)nc2C)cc1OCCN(C(C)C)C(C)C. The number of thiazole rings is 1. The minimum atomic E-state index is -0.110. The van der Waals surface area contributed by atoms with E-state index in [-0.39, 0.29) is 12.3 Å². The van der Waals surface area contributed by atoms with Crippen LogP contribution in [0.2, 0.25) is 5.02 Å². The number of amides is 1. The van der Waals surface area contributed by atoms with Gasteiger partial charge in [0.05, 0.1) is 19.2 Å². The van der Waals surface area contributed by atoms with Crippen molar-refractivity contribution in [1.82, 2.24) is 9.88 Å². The molecule has 0 saturated carbocycles. The molecule has 1 N–H and O–H groups in total. The minimum Gasteiger partial charge on any atom is -0.493 e. The highest BCUT2D eigenvalue weighted by Crippen LogP contribution is 2.32. The quantitative estimate of drug-likeness (QED) is 0.317. The van der Waals surface area contributed by atoms with Gasteiger partial charge in [-0.3, -0.25) is 9.69 Å². The largest absolute Gasteiger partial charge is 0.493 e. The maximum atomic E-state index is 12.8. The first-order valence-electron chi connectivity index (χ1n) is 11.8. The number of benzene rings is 2. The van der Waals surface area contributed by atoms with E-state index in [0.29, 0.717) is 40.9 Å². The van der Waals surface area contributed by atoms with Crippen LogP contribution in [0.25, 0.3) is 10.6 Å². The molecule has 3 rings (SSSR count). The summed E-state index contributed by atoms with van der Waals surface area (Å²) in [5, 5.41) is 4.53. The summed E-state index contributed by atoms with van der Waals surface area (Å²) >= 11 is 7.51. The van der Waals surface area contributed by atoms with Gasteiger partial charge in [-0.15, -0.1) is 11.3 Å². The van der Waals surface area contributed by atoms with Gasteiger partial charge in [-0.25, -0.2) is 4.98 Å². The molecule has 0 radical (unpaired) electrons. The van der Waals surface area contributed by atoms with E-state index < -0.39 is 0 Å². The molecule has 0 atom stereocenters. The van der Waals surface area contributed by atoms with Gasteiger partial charge in [0.1, 0.15) is 11.6 Å². The second-order valence-corrected chi connectivity index (χ2v) is 10.4. The van der Waals surface area contributed by atoms with Crippen molar-refractivity contribution in [3.05, 3.63) is 58.1 Å². The average molecular weight is 516 g/mol. The van der Waals surface area contributed by atoms with Crippen molar-refractivity contribution in [2.24, 2.45) is 0 Å². The molecule has 2 aromatic carbocycles. The zero-order chi connectivity index (χ0) is 25.5. The van der Waals surface area contributed by atoms with Crippen LogP contribution in [0.4, 0.5) is 5.69 Å². The third-order valence-corrected chi connectivity index (χ3v) is 7.14. The van der Waals surface area contributed by atoms with E-state index >= 15 is 0 Å². The summed E-state index contributed by atoms with van der Waals surface area (Å²) in [6.45, 7) is 12.0. The summed E-state index contributed by atoms with van der Waals surface area (Å²) < 4.78 is 11.5. The van der Waals surface area contributed by atoms with Crippen LogP contribution in [0.15, 0.2) is 42.5 Å². The Bertz CT molecular complexity index is 1120. The smallest absolute Gasteiger partial charge is 0.229 e. The highest BCUT2D eigenvalue weighted by atomic mass is 35.5. The zero-order valence-electron chi connectivity index (χ0n) is 21.2. The fourth-order valence-electron chi connectivity index (χ4n) is 3.90. The third kappa shape index (κ3) is 7.43. The van der Waals surface area contributed by atoms with E-state index in [1.165, 1.54) is 11.3 Å². The molecule has 0 aliphatic carbocycles. The van der Waals surface area contributed by atoms with Crippen molar-refractivity contribution >= 4 is 34.5 Å². The van der Waals surface area contributed by atoms with Crippen molar-refractivity contribution in [1.29, 1.82) is 0 Å². The second-order valence-electron chi connectivity index (χ2n) is 8.90. The van der Waals surface area contributed by atoms with E-state index in [1.54, 1.807) is 7.11 Å². The van der Waals surface area contributed by atoms with Gasteiger partial charge >= 0.3 is 0 Å². The predicted molar refractivity (Wildman–Crippen MR) is 145 cm³/mol. The van der Waals surface area contributed by atoms with Crippen LogP contribution in [0.1, 0.15) is 38.3 Å². The number of ether oxygens (including phenoxy) is 2. The van der Waals surface area contributed by atoms with Crippen molar-refractivity contribution in [3.8, 4) is 22.1 Å². The molecular weight excluding hydrogens is 482 g/mol. The predicted octanol–water partition coefficient (Wildman–Crippen LogP) is 6.46. The third-order valence-electron chi connectivity index (χ3n) is 5.69. The first kappa shape index (κ1) is 27.0. The molecule has 8 heteroatoms. The molecule has 6 nitrogen and oxygen atoms in total. The lowest BCUT2D eigenvalue weighted by Crippen LogP contribution is -2.39. The number of methoxy groups -OCH3 is 1. The van der Waals surface area contributed by atoms with Crippen LogP contribution in [-0.2, 0) is 11.2 Å². The monoisotopic (exact) mass is 515 g/mol. The minimum absolute atomic E-state index is 0.110. The fourth-order valence-corrected chi connectivity index (χ4v) is 5.09. The van der Waals surface area contributed by atoms with Crippen molar-refractivity contribution < 1.29 is 14.3 Å². The van der Waals surface area contributed by atoms with E-state index in [4.69, 9.17) is 21.1 Å². The Morgan fingerprint density at radius 2 is 1.77 bits per heavy atom. The molecule has 0 aliphatic heterocycles. The van der Waals surface area contributed by atoms with Crippen LogP contribution in [0.5, 0.6) is 11.5 Å². The first-order chi connectivity index (χ1) is 16.7. The van der Waals surface area contributed by atoms with Crippen molar-refractivity contribution in [3.63, 3.8) is 0 Å². The van der Waals surface area contributed by atoms with Gasteiger partial charge in [-0.05, 0) is 58.9 Å². The molecule has 35 heavy (non-hydrogen) atoms. The summed E-state index contributed by atoms with van der Waals surface area (Å²) in [5.74, 6) is 1.13. The standard InChI is InChI=1S/C27H34ClN3O3S/c1-17(2)31(18(3)4)13-14-34-24-15-22(11-12-23(24)33-6)30-26(32)16-25-19(5)29-27(35-25)20-7-9-21(28)10-8-20/h7-12,15,17-18H,13-14,16H2,1-6H3,(H,30,32). The molecule has 188 valence electrons. The Morgan fingerprint density at radius 1 is 1.09 bits per heavy atom. The molecule has 1 amide bonds. The normalized spacial score (nSPS) is 11.4. The summed E-state index contributed by atoms with van der Waals surface area (Å²) in [7, 11) is 1.61. The second kappa shape index (κ2) is 12.4. The molecule has 0 bridgehead atoms. The molecule has 1 heterocycles. The fraction of sp³-hybridized carbons (Fsp3) is 0.407. The van der Waals surface area contributed by atoms with Crippen LogP contribution >= 0.6 is 22.9 Å². The molecule has 1 aromatic heterocycles. The number of hydrogen-bond acceptors (Lipinski definition) is 6. The Labute approximate surface area is 217 Å². The Balaban J connectivity index is 1.65. The number of halogens is 1. The molecule has 0 saturated heterocycles. The summed E-state index contributed by atoms with van der Waals surface area (Å²) in [4.78, 5) is 20.7. The lowest BCUT2D eigenvalue weighted by molar-refractivity contribution is -0.115. The average Bonchev–Trinajstić information content (AvgIpc) is 3.16. The Morgan fingerprint density at radius 3 is 2.40 bits per heavy atom. The van der Waals surface area contributed by atoms with Gasteiger partial charge in [0.25, 0.3) is 0 Å². The van der Waals surface area contributed by atoms with Crippen molar-refractivity contribution in [2.45, 2.75) is 53.1 Å². The lowest BCUT2D eigenvalue weighted by Gasteiger charge is -2.30. The summed E-state index contributed by atoms with van der Waals surface area (Å²) in [5.41, 5.74) is 2.50. The van der Waals surface area contributed by atoms with Crippen LogP contribution < -0.4 is 14.8 Å². The Hall–Kier alpha value is -2.61. The number of carbonyl (C=O) groups excluding carboxylic acids is 1. The first-order valence-corrected chi connectivity index (χ1v) is 13.0. The molecule has 3 aromatic rings. The number of hydrogen-bond donors (Lipinski definition) is 1. The van der Waals surface area contributed by atoms with Gasteiger partial charge < -0.3 is 14.8 Å². The van der Waals surface area contributed by atoms with E-state index in [2.05, 4.69) is 42.9 Å². The van der Waals surface area contributed by atoms with Crippen LogP contribution in [0, 0.1) is 6.92 Å². The number of anilines is 1. The number of nitrogens with zero attached hydrogens (tertiary/aromatic N) is 2. The van der Waals surface area contributed by atoms with E-state index in [9.17, 15) is 4.79 Å². The highest BCUT2D eigenvalue weighted by molar-refractivity contribution is 7.15. The zero-order valence-corrected chi connectivity index (χ0v) is 22.8. The molecular formula is C27H34ClN3O3S. The highest BCUT2D eigenvalue weighted by Gasteiger charge is 2.16. The number of rotatable bonds is 11. The Kier molecular flexibility index (Phi) is 9.55. The van der Waals surface area contributed by atoms with Gasteiger partial charge in [0.15, 0.2) is 11.5 Å². The molecule has 0 aliphatic rings. The van der Waals surface area contributed by atoms with Crippen molar-refractivity contribution in [2.75, 3.05) is 25.6 Å². The van der Waals surface area contributed by atoms with Gasteiger partial charge in [-0.2, -0.15) is 0 Å². The maximum absolute atomic E-state index is 12.8. The summed E-state index contributed by atoms with van der Waals surface area (Å²) in [6.07, 6.45) is 0.247. The van der Waals surface area contributed by atoms with Gasteiger partial charge in [-0.1, -0.05) is 23.7 Å². The summed E-state index contributed by atoms with van der Waals surface area (Å²) in [6, 6.07) is 13.9. The maximum Gasteiger partial charge on any atom is 0.229 e. The lowest BCUT2D eigenvalue weighted by atomic mass is 10.2. The van der Waals surface area contributed by atoms with Crippen LogP contribution in [-0.4, -0.2) is 48.1 Å². The number of aromatic nitrogens is 1. The van der Waals surface area contributed by atoms with E-state index in [1.807, 2.05) is 49.4 Å².